The first-order valence-corrected chi connectivity index (χ1v) is 20.4. The van der Waals surface area contributed by atoms with Gasteiger partial charge in [-0.3, -0.25) is 4.79 Å². The van der Waals surface area contributed by atoms with Crippen LogP contribution in [0.25, 0.3) is 33.9 Å². The van der Waals surface area contributed by atoms with Crippen molar-refractivity contribution >= 4 is 25.1 Å². The standard InChI is InChI=1S/C36H49N7O3Si/c1-23(28-16-12-20-42(28)5)43-34-26(21-37-43)30(27-15-10-13-24(38-27)22-45-47(6,7)35(2,3)4)39-33(40-34)31-25-14-11-19-36(32(25)46-41-31)18-9-8-17-29(36)44/h10,13,15,21,23,28H,8-9,11-12,14,16-20,22H2,1-7H3/t23-,28-,36+/m0/s1. The molecule has 3 atom stereocenters. The number of hydrogen-bond donors (Lipinski definition) is 0. The van der Waals surface area contributed by atoms with Gasteiger partial charge in [0, 0.05) is 18.0 Å². The summed E-state index contributed by atoms with van der Waals surface area (Å²) >= 11 is 0. The van der Waals surface area contributed by atoms with E-state index in [0.29, 0.717) is 36.3 Å². The molecule has 0 unspecified atom stereocenters. The van der Waals surface area contributed by atoms with Crippen LogP contribution in [0.5, 0.6) is 0 Å². The van der Waals surface area contributed by atoms with E-state index in [2.05, 4.69) is 62.6 Å². The molecular weight excluding hydrogens is 607 g/mol. The first-order valence-electron chi connectivity index (χ1n) is 17.5. The molecule has 0 amide bonds. The lowest BCUT2D eigenvalue weighted by Gasteiger charge is -2.36. The summed E-state index contributed by atoms with van der Waals surface area (Å²) in [7, 11) is 0.228. The number of carbonyl (C=O) groups excluding carboxylic acids is 1. The Hall–Kier alpha value is -3.28. The number of Topliss-reactive ketones (excluding diaryl/α,β-unsaturated/α-hetero) is 1. The summed E-state index contributed by atoms with van der Waals surface area (Å²) in [6.07, 6.45) is 10.1. The molecule has 250 valence electrons. The Kier molecular flexibility index (Phi) is 8.24. The highest BCUT2D eigenvalue weighted by atomic mass is 28.4. The van der Waals surface area contributed by atoms with Gasteiger partial charge in [0.05, 0.1) is 41.0 Å². The maximum Gasteiger partial charge on any atom is 0.192 e. The van der Waals surface area contributed by atoms with Crippen molar-refractivity contribution in [2.45, 2.75) is 128 Å². The van der Waals surface area contributed by atoms with Crippen molar-refractivity contribution < 1.29 is 13.7 Å². The van der Waals surface area contributed by atoms with E-state index < -0.39 is 13.7 Å². The Labute approximate surface area is 278 Å². The van der Waals surface area contributed by atoms with Gasteiger partial charge in [0.25, 0.3) is 0 Å². The molecule has 0 radical (unpaired) electrons. The lowest BCUT2D eigenvalue weighted by molar-refractivity contribution is -0.128. The molecule has 5 heterocycles. The highest BCUT2D eigenvalue weighted by molar-refractivity contribution is 6.74. The first-order chi connectivity index (χ1) is 22.4. The van der Waals surface area contributed by atoms with Crippen molar-refractivity contribution in [3.05, 3.63) is 41.4 Å². The second-order valence-corrected chi connectivity index (χ2v) is 20.4. The smallest absolute Gasteiger partial charge is 0.192 e. The summed E-state index contributed by atoms with van der Waals surface area (Å²) in [4.78, 5) is 31.2. The molecule has 10 nitrogen and oxygen atoms in total. The van der Waals surface area contributed by atoms with Crippen LogP contribution < -0.4 is 0 Å². The molecule has 1 spiro atoms. The van der Waals surface area contributed by atoms with Crippen molar-refractivity contribution in [1.82, 2.24) is 34.8 Å². The van der Waals surface area contributed by atoms with Crippen molar-refractivity contribution in [3.8, 4) is 22.9 Å². The largest absolute Gasteiger partial charge is 0.411 e. The molecule has 4 aromatic rings. The van der Waals surface area contributed by atoms with Crippen molar-refractivity contribution in [1.29, 1.82) is 0 Å². The van der Waals surface area contributed by atoms with Gasteiger partial charge in [-0.1, -0.05) is 38.4 Å². The van der Waals surface area contributed by atoms with E-state index in [9.17, 15) is 4.79 Å². The molecule has 1 saturated carbocycles. The van der Waals surface area contributed by atoms with Gasteiger partial charge in [-0.25, -0.2) is 19.6 Å². The van der Waals surface area contributed by atoms with Crippen molar-refractivity contribution in [2.24, 2.45) is 0 Å². The summed E-state index contributed by atoms with van der Waals surface area (Å²) in [5.41, 5.74) is 4.15. The van der Waals surface area contributed by atoms with E-state index in [4.69, 9.17) is 29.0 Å². The Morgan fingerprint density at radius 2 is 1.87 bits per heavy atom. The van der Waals surface area contributed by atoms with E-state index in [-0.39, 0.29) is 16.9 Å². The molecule has 0 bridgehead atoms. The van der Waals surface area contributed by atoms with Crippen LogP contribution in [0.2, 0.25) is 18.1 Å². The quantitative estimate of drug-likeness (QED) is 0.188. The van der Waals surface area contributed by atoms with E-state index >= 15 is 0 Å². The number of aromatic nitrogens is 6. The second kappa shape index (κ2) is 12.0. The average Bonchev–Trinajstić information content (AvgIpc) is 3.79. The van der Waals surface area contributed by atoms with Gasteiger partial charge in [-0.05, 0) is 95.7 Å². The molecule has 11 heteroatoms. The Balaban J connectivity index is 1.35. The fourth-order valence-electron chi connectivity index (χ4n) is 7.77. The molecule has 7 rings (SSSR count). The van der Waals surface area contributed by atoms with E-state index in [1.807, 2.05) is 24.4 Å². The van der Waals surface area contributed by atoms with Crippen LogP contribution in [0.4, 0.5) is 0 Å². The zero-order chi connectivity index (χ0) is 33.1. The number of nitrogens with zero attached hydrogens (tertiary/aromatic N) is 7. The predicted octanol–water partition coefficient (Wildman–Crippen LogP) is 7.44. The molecule has 2 fully saturated rings. The molecule has 4 aromatic heterocycles. The molecule has 3 aliphatic rings. The molecule has 2 aliphatic carbocycles. The fraction of sp³-hybridized carbons (Fsp3) is 0.611. The third kappa shape index (κ3) is 5.57. The number of pyridine rings is 1. The minimum atomic E-state index is -1.96. The van der Waals surface area contributed by atoms with Crippen LogP contribution in [-0.2, 0) is 27.7 Å². The SMILES string of the molecule is C[C@@H]([C@@H]1CCCN1C)n1ncc2c(-c3cccc(CO[Si](C)(C)C(C)(C)C)n3)nc(-c3noc4c3CCC[C@@]43CCCCC3=O)nc21. The number of ketones is 1. The molecule has 0 aromatic carbocycles. The van der Waals surface area contributed by atoms with Gasteiger partial charge < -0.3 is 13.8 Å². The zero-order valence-electron chi connectivity index (χ0n) is 29.1. The number of rotatable bonds is 7. The summed E-state index contributed by atoms with van der Waals surface area (Å²) in [5, 5.41) is 10.5. The first kappa shape index (κ1) is 32.3. The molecule has 47 heavy (non-hydrogen) atoms. The summed E-state index contributed by atoms with van der Waals surface area (Å²) in [5.74, 6) is 1.53. The Bertz CT molecular complexity index is 1810. The van der Waals surface area contributed by atoms with Gasteiger partial charge in [0.1, 0.15) is 11.5 Å². The van der Waals surface area contributed by atoms with E-state index in [0.717, 1.165) is 85.2 Å². The second-order valence-electron chi connectivity index (χ2n) is 15.6. The normalized spacial score (nSPS) is 23.1. The lowest BCUT2D eigenvalue weighted by Crippen LogP contribution is -2.41. The highest BCUT2D eigenvalue weighted by Gasteiger charge is 2.48. The van der Waals surface area contributed by atoms with Gasteiger partial charge in [0.2, 0.25) is 0 Å². The zero-order valence-corrected chi connectivity index (χ0v) is 30.1. The van der Waals surface area contributed by atoms with Crippen LogP contribution in [0.1, 0.15) is 102 Å². The van der Waals surface area contributed by atoms with Crippen LogP contribution in [0.15, 0.2) is 28.9 Å². The maximum atomic E-state index is 13.4. The summed E-state index contributed by atoms with van der Waals surface area (Å²) in [6, 6.07) is 6.53. The Morgan fingerprint density at radius 3 is 2.62 bits per heavy atom. The number of fused-ring (bicyclic) bond motifs is 3. The minimum absolute atomic E-state index is 0.106. The van der Waals surface area contributed by atoms with Crippen LogP contribution in [0.3, 0.4) is 0 Å². The number of carbonyl (C=O) groups is 1. The van der Waals surface area contributed by atoms with Gasteiger partial charge in [-0.2, -0.15) is 5.10 Å². The highest BCUT2D eigenvalue weighted by Crippen LogP contribution is 2.48. The van der Waals surface area contributed by atoms with Gasteiger partial charge in [0.15, 0.2) is 31.2 Å². The maximum absolute atomic E-state index is 13.4. The molecule has 0 N–H and O–H groups in total. The predicted molar refractivity (Wildman–Crippen MR) is 184 cm³/mol. The van der Waals surface area contributed by atoms with Gasteiger partial charge >= 0.3 is 0 Å². The topological polar surface area (TPSA) is 112 Å². The van der Waals surface area contributed by atoms with Crippen LogP contribution >= 0.6 is 0 Å². The van der Waals surface area contributed by atoms with Gasteiger partial charge in [-0.15, -0.1) is 0 Å². The average molecular weight is 656 g/mol. The number of likely N-dealkylation sites (N-methyl/N-ethyl adjacent to an activating group) is 1. The molecular formula is C36H49N7O3Si. The molecule has 1 saturated heterocycles. The van der Waals surface area contributed by atoms with Crippen LogP contribution in [-0.4, -0.2) is 68.5 Å². The van der Waals surface area contributed by atoms with Crippen molar-refractivity contribution in [2.75, 3.05) is 13.6 Å². The van der Waals surface area contributed by atoms with E-state index in [1.165, 1.54) is 6.42 Å². The van der Waals surface area contributed by atoms with E-state index in [1.54, 1.807) is 0 Å². The Morgan fingerprint density at radius 1 is 1.06 bits per heavy atom. The summed E-state index contributed by atoms with van der Waals surface area (Å²) < 4.78 is 14.7. The van der Waals surface area contributed by atoms with Crippen molar-refractivity contribution in [3.63, 3.8) is 0 Å². The number of hydrogen-bond acceptors (Lipinski definition) is 9. The lowest BCUT2D eigenvalue weighted by atomic mass is 9.64. The van der Waals surface area contributed by atoms with Crippen LogP contribution in [0, 0.1) is 0 Å². The summed E-state index contributed by atoms with van der Waals surface area (Å²) in [6.45, 7) is 15.0. The monoisotopic (exact) mass is 655 g/mol. The third-order valence-corrected chi connectivity index (χ3v) is 16.1. The minimum Gasteiger partial charge on any atom is -0.411 e. The third-order valence-electron chi connectivity index (χ3n) is 11.7. The fourth-order valence-corrected chi connectivity index (χ4v) is 8.71. The number of likely N-dealkylation sites (tertiary alicyclic amines) is 1. The molecule has 1 aliphatic heterocycles.